The molecule has 94 valence electrons. The van der Waals surface area contributed by atoms with E-state index in [9.17, 15) is 0 Å². The molecule has 6 heteroatoms. The Morgan fingerprint density at radius 3 is 2.56 bits per heavy atom. The zero-order valence-corrected chi connectivity index (χ0v) is 11.3. The van der Waals surface area contributed by atoms with Gasteiger partial charge in [0.15, 0.2) is 5.82 Å². The van der Waals surface area contributed by atoms with Gasteiger partial charge in [-0.15, -0.1) is 0 Å². The van der Waals surface area contributed by atoms with E-state index in [2.05, 4.69) is 21.9 Å². The topological polar surface area (TPSA) is 64.7 Å². The van der Waals surface area contributed by atoms with Gasteiger partial charge in [-0.25, -0.2) is 4.98 Å². The third-order valence-electron chi connectivity index (χ3n) is 2.35. The highest BCUT2D eigenvalue weighted by Gasteiger charge is 2.08. The molecule has 18 heavy (non-hydrogen) atoms. The summed E-state index contributed by atoms with van der Waals surface area (Å²) in [6.45, 7) is 2.05. The van der Waals surface area contributed by atoms with E-state index in [1.807, 2.05) is 0 Å². The molecule has 0 saturated carbocycles. The average molecular weight is 283 g/mol. The minimum atomic E-state index is 0.217. The van der Waals surface area contributed by atoms with Gasteiger partial charge in [0.05, 0.1) is 10.0 Å². The normalized spacial score (nSPS) is 10.6. The standard InChI is InChI=1S/C12H12Cl2N4/c1-2-3-10-16-11(18-12(15)17-10)7-4-5-8(13)9(14)6-7/h4-6H,2-3H2,1H3,(H2,15,16,17,18). The average Bonchev–Trinajstić information content (AvgIpc) is 2.32. The molecule has 0 amide bonds. The van der Waals surface area contributed by atoms with Crippen molar-refractivity contribution in [3.05, 3.63) is 34.1 Å². The summed E-state index contributed by atoms with van der Waals surface area (Å²) in [6, 6.07) is 5.23. The first-order valence-electron chi connectivity index (χ1n) is 5.56. The van der Waals surface area contributed by atoms with Crippen molar-refractivity contribution in [1.29, 1.82) is 0 Å². The minimum Gasteiger partial charge on any atom is -0.368 e. The molecule has 0 atom stereocenters. The lowest BCUT2D eigenvalue weighted by Crippen LogP contribution is -2.04. The molecule has 0 unspecified atom stereocenters. The monoisotopic (exact) mass is 282 g/mol. The molecule has 1 heterocycles. The molecular formula is C12H12Cl2N4. The number of halogens is 2. The Labute approximate surface area is 115 Å². The summed E-state index contributed by atoms with van der Waals surface area (Å²) >= 11 is 11.8. The highest BCUT2D eigenvalue weighted by Crippen LogP contribution is 2.27. The van der Waals surface area contributed by atoms with E-state index in [1.54, 1.807) is 18.2 Å². The van der Waals surface area contributed by atoms with E-state index in [0.717, 1.165) is 18.4 Å². The number of aromatic nitrogens is 3. The summed E-state index contributed by atoms with van der Waals surface area (Å²) in [5.74, 6) is 1.42. The minimum absolute atomic E-state index is 0.217. The number of benzene rings is 1. The first kappa shape index (κ1) is 13.1. The van der Waals surface area contributed by atoms with Gasteiger partial charge in [0, 0.05) is 12.0 Å². The molecule has 2 aromatic rings. The number of hydrogen-bond acceptors (Lipinski definition) is 4. The highest BCUT2D eigenvalue weighted by atomic mass is 35.5. The van der Waals surface area contributed by atoms with Crippen LogP contribution in [0.4, 0.5) is 5.95 Å². The predicted octanol–water partition coefficient (Wildman–Crippen LogP) is 3.38. The first-order valence-corrected chi connectivity index (χ1v) is 6.31. The number of rotatable bonds is 3. The molecule has 0 spiro atoms. The number of nitrogen functional groups attached to an aromatic ring is 1. The van der Waals surface area contributed by atoms with Crippen molar-refractivity contribution in [2.24, 2.45) is 0 Å². The van der Waals surface area contributed by atoms with Crippen LogP contribution in [0.1, 0.15) is 19.2 Å². The summed E-state index contributed by atoms with van der Waals surface area (Å²) in [6.07, 6.45) is 1.71. The lowest BCUT2D eigenvalue weighted by molar-refractivity contribution is 0.825. The van der Waals surface area contributed by atoms with Crippen LogP contribution in [0, 0.1) is 0 Å². The van der Waals surface area contributed by atoms with Crippen LogP contribution in [-0.4, -0.2) is 15.0 Å². The van der Waals surface area contributed by atoms with Crippen LogP contribution in [0.5, 0.6) is 0 Å². The van der Waals surface area contributed by atoms with Gasteiger partial charge in [-0.05, 0) is 24.6 Å². The largest absolute Gasteiger partial charge is 0.368 e. The van der Waals surface area contributed by atoms with Crippen LogP contribution in [-0.2, 0) is 6.42 Å². The number of nitrogens with zero attached hydrogens (tertiary/aromatic N) is 3. The molecule has 1 aromatic carbocycles. The van der Waals surface area contributed by atoms with Crippen molar-refractivity contribution in [2.75, 3.05) is 5.73 Å². The fourth-order valence-electron chi connectivity index (χ4n) is 1.54. The SMILES string of the molecule is CCCc1nc(N)nc(-c2ccc(Cl)c(Cl)c2)n1. The van der Waals surface area contributed by atoms with Crippen molar-refractivity contribution in [2.45, 2.75) is 19.8 Å². The van der Waals surface area contributed by atoms with E-state index in [4.69, 9.17) is 28.9 Å². The maximum absolute atomic E-state index is 5.97. The second-order valence-electron chi connectivity index (χ2n) is 3.81. The molecule has 4 nitrogen and oxygen atoms in total. The predicted molar refractivity (Wildman–Crippen MR) is 73.7 cm³/mol. The Morgan fingerprint density at radius 1 is 1.11 bits per heavy atom. The number of nitrogens with two attached hydrogens (primary N) is 1. The van der Waals surface area contributed by atoms with Gasteiger partial charge in [0.1, 0.15) is 5.82 Å². The molecule has 2 N–H and O–H groups in total. The van der Waals surface area contributed by atoms with Crippen molar-refractivity contribution in [3.63, 3.8) is 0 Å². The fraction of sp³-hybridized carbons (Fsp3) is 0.250. The maximum Gasteiger partial charge on any atom is 0.223 e. The van der Waals surface area contributed by atoms with Crippen LogP contribution in [0.15, 0.2) is 18.2 Å². The summed E-state index contributed by atoms with van der Waals surface area (Å²) in [5, 5.41) is 0.960. The quantitative estimate of drug-likeness (QED) is 0.937. The second-order valence-corrected chi connectivity index (χ2v) is 4.63. The third kappa shape index (κ3) is 2.89. The zero-order chi connectivity index (χ0) is 13.1. The number of hydrogen-bond donors (Lipinski definition) is 1. The van der Waals surface area contributed by atoms with Crippen LogP contribution in [0.25, 0.3) is 11.4 Å². The van der Waals surface area contributed by atoms with E-state index in [-0.39, 0.29) is 5.95 Å². The number of aryl methyl sites for hydroxylation is 1. The molecule has 0 aliphatic carbocycles. The van der Waals surface area contributed by atoms with E-state index in [1.165, 1.54) is 0 Å². The molecule has 0 aliphatic rings. The smallest absolute Gasteiger partial charge is 0.223 e. The van der Waals surface area contributed by atoms with Gasteiger partial charge in [-0.3, -0.25) is 0 Å². The van der Waals surface area contributed by atoms with Crippen molar-refractivity contribution >= 4 is 29.2 Å². The van der Waals surface area contributed by atoms with Crippen molar-refractivity contribution in [1.82, 2.24) is 15.0 Å². The summed E-state index contributed by atoms with van der Waals surface area (Å²) < 4.78 is 0. The first-order chi connectivity index (χ1) is 8.60. The Balaban J connectivity index is 2.46. The Bertz CT molecular complexity index is 572. The molecule has 1 aromatic heterocycles. The van der Waals surface area contributed by atoms with Crippen LogP contribution >= 0.6 is 23.2 Å². The molecule has 0 bridgehead atoms. The van der Waals surface area contributed by atoms with Gasteiger partial charge in [0.2, 0.25) is 5.95 Å². The zero-order valence-electron chi connectivity index (χ0n) is 9.82. The van der Waals surface area contributed by atoms with Crippen molar-refractivity contribution < 1.29 is 0 Å². The Morgan fingerprint density at radius 2 is 1.89 bits per heavy atom. The van der Waals surface area contributed by atoms with Gasteiger partial charge in [-0.1, -0.05) is 30.1 Å². The second kappa shape index (κ2) is 5.50. The lowest BCUT2D eigenvalue weighted by Gasteiger charge is -2.05. The highest BCUT2D eigenvalue weighted by molar-refractivity contribution is 6.42. The van der Waals surface area contributed by atoms with Gasteiger partial charge in [-0.2, -0.15) is 9.97 Å². The Kier molecular flexibility index (Phi) is 3.99. The Hall–Kier alpha value is -1.39. The van der Waals surface area contributed by atoms with Crippen LogP contribution in [0.2, 0.25) is 10.0 Å². The van der Waals surface area contributed by atoms with E-state index in [0.29, 0.717) is 21.7 Å². The van der Waals surface area contributed by atoms with Gasteiger partial charge < -0.3 is 5.73 Å². The summed E-state index contributed by atoms with van der Waals surface area (Å²) in [5.41, 5.74) is 6.45. The maximum atomic E-state index is 5.97. The van der Waals surface area contributed by atoms with Crippen LogP contribution in [0.3, 0.4) is 0 Å². The number of anilines is 1. The molecular weight excluding hydrogens is 271 g/mol. The van der Waals surface area contributed by atoms with E-state index < -0.39 is 0 Å². The third-order valence-corrected chi connectivity index (χ3v) is 3.09. The van der Waals surface area contributed by atoms with Crippen LogP contribution < -0.4 is 5.73 Å². The lowest BCUT2D eigenvalue weighted by atomic mass is 10.2. The molecule has 0 fully saturated rings. The fourth-order valence-corrected chi connectivity index (χ4v) is 1.84. The van der Waals surface area contributed by atoms with Gasteiger partial charge in [0.25, 0.3) is 0 Å². The molecule has 2 rings (SSSR count). The summed E-state index contributed by atoms with van der Waals surface area (Å²) in [7, 11) is 0. The van der Waals surface area contributed by atoms with Gasteiger partial charge >= 0.3 is 0 Å². The summed E-state index contributed by atoms with van der Waals surface area (Å²) in [4.78, 5) is 12.6. The van der Waals surface area contributed by atoms with E-state index >= 15 is 0 Å². The molecule has 0 saturated heterocycles. The molecule has 0 aliphatic heterocycles. The molecule has 0 radical (unpaired) electrons. The van der Waals surface area contributed by atoms with Crippen molar-refractivity contribution in [3.8, 4) is 11.4 Å².